The summed E-state index contributed by atoms with van der Waals surface area (Å²) in [6, 6.07) is 0. The molecule has 1 aromatic rings. The third-order valence-corrected chi connectivity index (χ3v) is 3.00. The smallest absolute Gasteiger partial charge is 0.224 e. The Morgan fingerprint density at radius 1 is 1.75 bits per heavy atom. The van der Waals surface area contributed by atoms with Crippen LogP contribution >= 0.6 is 0 Å². The van der Waals surface area contributed by atoms with E-state index in [1.54, 1.807) is 4.68 Å². The van der Waals surface area contributed by atoms with Crippen molar-refractivity contribution in [3.63, 3.8) is 0 Å². The monoisotopic (exact) mass is 222 g/mol. The van der Waals surface area contributed by atoms with Gasteiger partial charge in [0.2, 0.25) is 5.91 Å². The molecular weight excluding hydrogens is 204 g/mol. The van der Waals surface area contributed by atoms with Crippen molar-refractivity contribution in [3.8, 4) is 0 Å². The van der Waals surface area contributed by atoms with Crippen LogP contribution in [0.1, 0.15) is 17.7 Å². The molecule has 1 fully saturated rings. The molecule has 0 spiro atoms. The summed E-state index contributed by atoms with van der Waals surface area (Å²) in [6.07, 6.45) is 2.89. The lowest BCUT2D eigenvalue weighted by atomic mass is 10.1. The van der Waals surface area contributed by atoms with Crippen LogP contribution in [0.25, 0.3) is 0 Å². The summed E-state index contributed by atoms with van der Waals surface area (Å²) in [5.41, 5.74) is 2.06. The number of aromatic nitrogens is 2. The van der Waals surface area contributed by atoms with Crippen LogP contribution in [0.5, 0.6) is 0 Å². The van der Waals surface area contributed by atoms with Gasteiger partial charge < -0.3 is 10.6 Å². The van der Waals surface area contributed by atoms with Gasteiger partial charge in [-0.15, -0.1) is 0 Å². The van der Waals surface area contributed by atoms with E-state index in [1.165, 1.54) is 0 Å². The first-order valence-electron chi connectivity index (χ1n) is 5.64. The molecule has 5 heteroatoms. The lowest BCUT2D eigenvalue weighted by Gasteiger charge is -2.08. The van der Waals surface area contributed by atoms with Crippen molar-refractivity contribution in [2.75, 3.05) is 13.1 Å². The summed E-state index contributed by atoms with van der Waals surface area (Å²) in [4.78, 5) is 11.8. The van der Waals surface area contributed by atoms with Crippen molar-refractivity contribution in [1.29, 1.82) is 0 Å². The lowest BCUT2D eigenvalue weighted by Crippen LogP contribution is -2.31. The molecule has 0 bridgehead atoms. The minimum Gasteiger partial charge on any atom is -0.352 e. The summed E-state index contributed by atoms with van der Waals surface area (Å²) >= 11 is 0. The molecule has 2 N–H and O–H groups in total. The molecule has 5 nitrogen and oxygen atoms in total. The predicted molar refractivity (Wildman–Crippen MR) is 60.8 cm³/mol. The normalized spacial score (nSPS) is 20.0. The van der Waals surface area contributed by atoms with E-state index in [0.717, 1.165) is 30.8 Å². The number of aryl methyl sites for hydroxylation is 2. The Labute approximate surface area is 95.2 Å². The number of nitrogens with one attached hydrogen (secondary N) is 2. The molecule has 1 saturated heterocycles. The highest BCUT2D eigenvalue weighted by atomic mass is 16.1. The Morgan fingerprint density at radius 2 is 2.56 bits per heavy atom. The maximum Gasteiger partial charge on any atom is 0.224 e. The number of amides is 1. The van der Waals surface area contributed by atoms with Crippen molar-refractivity contribution >= 4 is 5.91 Å². The Balaban J connectivity index is 1.87. The van der Waals surface area contributed by atoms with E-state index in [2.05, 4.69) is 15.7 Å². The van der Waals surface area contributed by atoms with Gasteiger partial charge in [0.1, 0.15) is 0 Å². The predicted octanol–water partition coefficient (Wildman–Crippen LogP) is -0.0458. The van der Waals surface area contributed by atoms with Gasteiger partial charge >= 0.3 is 0 Å². The molecule has 2 heterocycles. The first-order chi connectivity index (χ1) is 7.66. The minimum absolute atomic E-state index is 0.136. The Bertz CT molecular complexity index is 379. The zero-order valence-electron chi connectivity index (χ0n) is 9.79. The maximum atomic E-state index is 11.8. The zero-order valence-corrected chi connectivity index (χ0v) is 9.79. The highest BCUT2D eigenvalue weighted by Crippen LogP contribution is 2.09. The first kappa shape index (κ1) is 11.1. The SMILES string of the molecule is Cc1nn(C)cc1CNC(=O)C1CCNC1. The number of nitrogens with zero attached hydrogens (tertiary/aromatic N) is 2. The summed E-state index contributed by atoms with van der Waals surface area (Å²) in [7, 11) is 1.89. The van der Waals surface area contributed by atoms with Gasteiger partial charge in [0.25, 0.3) is 0 Å². The Hall–Kier alpha value is -1.36. The van der Waals surface area contributed by atoms with Crippen molar-refractivity contribution in [2.45, 2.75) is 19.9 Å². The number of carbonyl (C=O) groups is 1. The molecule has 1 amide bonds. The van der Waals surface area contributed by atoms with Crippen LogP contribution in [0.3, 0.4) is 0 Å². The molecule has 0 radical (unpaired) electrons. The number of carbonyl (C=O) groups excluding carboxylic acids is 1. The molecule has 0 aliphatic carbocycles. The third-order valence-electron chi connectivity index (χ3n) is 3.00. The molecule has 1 aromatic heterocycles. The summed E-state index contributed by atoms with van der Waals surface area (Å²) < 4.78 is 1.77. The van der Waals surface area contributed by atoms with Crippen molar-refractivity contribution < 1.29 is 4.79 Å². The van der Waals surface area contributed by atoms with E-state index in [0.29, 0.717) is 6.54 Å². The average molecular weight is 222 g/mol. The van der Waals surface area contributed by atoms with Gasteiger partial charge in [-0.05, 0) is 19.9 Å². The average Bonchev–Trinajstić information content (AvgIpc) is 2.84. The van der Waals surface area contributed by atoms with Crippen molar-refractivity contribution in [2.24, 2.45) is 13.0 Å². The van der Waals surface area contributed by atoms with Gasteiger partial charge in [-0.2, -0.15) is 5.10 Å². The van der Waals surface area contributed by atoms with Crippen molar-refractivity contribution in [1.82, 2.24) is 20.4 Å². The quantitative estimate of drug-likeness (QED) is 0.754. The standard InChI is InChI=1S/C11H18N4O/c1-8-10(7-15(2)14-8)6-13-11(16)9-3-4-12-5-9/h7,9,12H,3-6H2,1-2H3,(H,13,16). The zero-order chi connectivity index (χ0) is 11.5. The van der Waals surface area contributed by atoms with Gasteiger partial charge in [-0.25, -0.2) is 0 Å². The molecule has 0 aromatic carbocycles. The largest absolute Gasteiger partial charge is 0.352 e. The van der Waals surface area contributed by atoms with Gasteiger partial charge in [0.15, 0.2) is 0 Å². The number of hydrogen-bond donors (Lipinski definition) is 2. The van der Waals surface area contributed by atoms with Gasteiger partial charge in [0, 0.05) is 31.9 Å². The molecule has 0 saturated carbocycles. The van der Waals surface area contributed by atoms with Crippen LogP contribution in [-0.4, -0.2) is 28.8 Å². The minimum atomic E-state index is 0.136. The highest BCUT2D eigenvalue weighted by molar-refractivity contribution is 5.79. The Morgan fingerprint density at radius 3 is 3.12 bits per heavy atom. The topological polar surface area (TPSA) is 59.0 Å². The molecule has 1 aliphatic heterocycles. The van der Waals surface area contributed by atoms with Crippen LogP contribution in [0.2, 0.25) is 0 Å². The lowest BCUT2D eigenvalue weighted by molar-refractivity contribution is -0.124. The van der Waals surface area contributed by atoms with Crippen LogP contribution < -0.4 is 10.6 Å². The summed E-state index contributed by atoms with van der Waals surface area (Å²) in [5.74, 6) is 0.283. The molecule has 16 heavy (non-hydrogen) atoms. The second-order valence-corrected chi connectivity index (χ2v) is 4.32. The fourth-order valence-electron chi connectivity index (χ4n) is 2.03. The first-order valence-corrected chi connectivity index (χ1v) is 5.64. The third kappa shape index (κ3) is 2.41. The molecule has 1 aliphatic rings. The van der Waals surface area contributed by atoms with Gasteiger partial charge in [-0.3, -0.25) is 9.48 Å². The fourth-order valence-corrected chi connectivity index (χ4v) is 2.03. The number of rotatable bonds is 3. The van der Waals surface area contributed by atoms with Crippen LogP contribution in [0.4, 0.5) is 0 Å². The molecule has 1 unspecified atom stereocenters. The van der Waals surface area contributed by atoms with Gasteiger partial charge in [-0.1, -0.05) is 0 Å². The van der Waals surface area contributed by atoms with E-state index in [-0.39, 0.29) is 11.8 Å². The van der Waals surface area contributed by atoms with E-state index in [9.17, 15) is 4.79 Å². The summed E-state index contributed by atoms with van der Waals surface area (Å²) in [6.45, 7) is 4.29. The fraction of sp³-hybridized carbons (Fsp3) is 0.636. The van der Waals surface area contributed by atoms with E-state index < -0.39 is 0 Å². The number of hydrogen-bond acceptors (Lipinski definition) is 3. The van der Waals surface area contributed by atoms with Crippen LogP contribution in [0.15, 0.2) is 6.20 Å². The maximum absolute atomic E-state index is 11.8. The second kappa shape index (κ2) is 4.65. The molecular formula is C11H18N4O. The summed E-state index contributed by atoms with van der Waals surface area (Å²) in [5, 5.41) is 10.4. The van der Waals surface area contributed by atoms with E-state index >= 15 is 0 Å². The molecule has 88 valence electrons. The highest BCUT2D eigenvalue weighted by Gasteiger charge is 2.22. The van der Waals surface area contributed by atoms with Crippen molar-refractivity contribution in [3.05, 3.63) is 17.5 Å². The Kier molecular flexibility index (Phi) is 3.24. The van der Waals surface area contributed by atoms with E-state index in [4.69, 9.17) is 0 Å². The van der Waals surface area contributed by atoms with Crippen LogP contribution in [0, 0.1) is 12.8 Å². The second-order valence-electron chi connectivity index (χ2n) is 4.32. The van der Waals surface area contributed by atoms with Gasteiger partial charge in [0.05, 0.1) is 11.6 Å². The van der Waals surface area contributed by atoms with E-state index in [1.807, 2.05) is 20.2 Å². The molecule has 1 atom stereocenters. The van der Waals surface area contributed by atoms with Crippen LogP contribution in [-0.2, 0) is 18.4 Å². The molecule has 2 rings (SSSR count).